The number of hydrogen-bond donors (Lipinski definition) is 0. The second kappa shape index (κ2) is 6.64. The van der Waals surface area contributed by atoms with Crippen molar-refractivity contribution in [2.45, 2.75) is 64.6 Å². The second-order valence-corrected chi connectivity index (χ2v) is 11.6. The fourth-order valence-electron chi connectivity index (χ4n) is 3.34. The summed E-state index contributed by atoms with van der Waals surface area (Å²) in [6.45, 7) is 13.8. The lowest BCUT2D eigenvalue weighted by atomic mass is 10.1. The highest BCUT2D eigenvalue weighted by Crippen LogP contribution is 2.44. The monoisotopic (exact) mass is 281 g/mol. The van der Waals surface area contributed by atoms with E-state index in [-0.39, 0.29) is 0 Å². The van der Waals surface area contributed by atoms with Gasteiger partial charge < -0.3 is 9.16 Å². The number of rotatable bonds is 6. The molecule has 1 aliphatic rings. The summed E-state index contributed by atoms with van der Waals surface area (Å²) in [7, 11) is -0.162. The predicted octanol–water partition coefficient (Wildman–Crippen LogP) is 5.20. The molecule has 0 unspecified atom stereocenters. The van der Waals surface area contributed by atoms with Crippen LogP contribution in [0.4, 0.5) is 0 Å². The first-order chi connectivity index (χ1) is 8.86. The fraction of sp³-hybridized carbons (Fsp3) is 0.688. The van der Waals surface area contributed by atoms with E-state index >= 15 is 0 Å². The Hall–Kier alpha value is -0.703. The summed E-state index contributed by atoms with van der Waals surface area (Å²) in [5, 5.41) is 0. The molecule has 0 bridgehead atoms. The predicted molar refractivity (Wildman–Crippen MR) is 84.2 cm³/mol. The third-order valence-electron chi connectivity index (χ3n) is 4.17. The first-order valence-electron chi connectivity index (χ1n) is 7.33. The Morgan fingerprint density at radius 1 is 0.947 bits per heavy atom. The lowest BCUT2D eigenvalue weighted by Gasteiger charge is -2.43. The normalized spacial score (nSPS) is 16.7. The lowest BCUT2D eigenvalue weighted by molar-refractivity contribution is 0.250. The molecule has 0 heterocycles. The minimum atomic E-state index is -1.88. The molecule has 1 rings (SSSR count). The van der Waals surface area contributed by atoms with Crippen LogP contribution in [-0.2, 0) is 9.16 Å². The van der Waals surface area contributed by atoms with Gasteiger partial charge in [0.25, 0.3) is 8.32 Å². The van der Waals surface area contributed by atoms with Gasteiger partial charge in [0, 0.05) is 0 Å². The molecule has 19 heavy (non-hydrogen) atoms. The molecule has 3 heteroatoms. The van der Waals surface area contributed by atoms with Gasteiger partial charge in [0.1, 0.15) is 5.76 Å². The highest BCUT2D eigenvalue weighted by molar-refractivity contribution is 6.77. The van der Waals surface area contributed by atoms with Gasteiger partial charge in [0.15, 0.2) is 5.76 Å². The van der Waals surface area contributed by atoms with Gasteiger partial charge in [-0.3, -0.25) is 0 Å². The second-order valence-electron chi connectivity index (χ2n) is 6.19. The van der Waals surface area contributed by atoms with E-state index in [2.05, 4.69) is 54.0 Å². The van der Waals surface area contributed by atoms with Crippen molar-refractivity contribution in [3.05, 3.63) is 30.1 Å². The minimum Gasteiger partial charge on any atom is -0.540 e. The van der Waals surface area contributed by atoms with E-state index in [9.17, 15) is 0 Å². The summed E-state index contributed by atoms with van der Waals surface area (Å²) in [5.41, 5.74) is 1.74. The number of hydrogen-bond acceptors (Lipinski definition) is 2. The largest absolute Gasteiger partial charge is 0.540 e. The van der Waals surface area contributed by atoms with Crippen LogP contribution in [0.1, 0.15) is 48.0 Å². The molecule has 0 saturated carbocycles. The zero-order chi connectivity index (χ0) is 14.6. The first kappa shape index (κ1) is 16.4. The molecule has 0 fully saturated rings. The van der Waals surface area contributed by atoms with E-state index in [4.69, 9.17) is 9.16 Å². The summed E-state index contributed by atoms with van der Waals surface area (Å²) in [6.07, 6.45) is 7.21. The van der Waals surface area contributed by atoms with E-state index in [1.165, 1.54) is 0 Å². The molecule has 0 aliphatic heterocycles. The van der Waals surface area contributed by atoms with E-state index in [0.717, 1.165) is 17.9 Å². The van der Waals surface area contributed by atoms with Crippen LogP contribution >= 0.6 is 0 Å². The van der Waals surface area contributed by atoms with Crippen LogP contribution in [0.15, 0.2) is 23.7 Å². The van der Waals surface area contributed by atoms with Crippen molar-refractivity contribution < 1.29 is 9.16 Å². The zero-order valence-electron chi connectivity index (χ0n) is 13.5. The maximum absolute atomic E-state index is 6.65. The van der Waals surface area contributed by atoms with E-state index in [1.807, 2.05) is 6.08 Å². The molecule has 2 nitrogen and oxygen atoms in total. The van der Waals surface area contributed by atoms with Gasteiger partial charge in [0.05, 0.1) is 7.11 Å². The first-order valence-corrected chi connectivity index (χ1v) is 9.47. The Kier molecular flexibility index (Phi) is 5.72. The summed E-state index contributed by atoms with van der Waals surface area (Å²) in [6, 6.07) is 0. The van der Waals surface area contributed by atoms with Gasteiger partial charge >= 0.3 is 0 Å². The molecule has 1 aliphatic carbocycles. The highest BCUT2D eigenvalue weighted by Gasteiger charge is 2.47. The van der Waals surface area contributed by atoms with Gasteiger partial charge in [-0.15, -0.1) is 0 Å². The Morgan fingerprint density at radius 2 is 1.47 bits per heavy atom. The molecule has 109 valence electrons. The van der Waals surface area contributed by atoms with Gasteiger partial charge in [-0.05, 0) is 41.6 Å². The Labute approximate surface area is 120 Å². The molecule has 0 aromatic heterocycles. The third-order valence-corrected chi connectivity index (χ3v) is 10.2. The summed E-state index contributed by atoms with van der Waals surface area (Å²) in [5.74, 6) is 1.82. The van der Waals surface area contributed by atoms with E-state index in [0.29, 0.717) is 16.6 Å². The van der Waals surface area contributed by atoms with Crippen LogP contribution < -0.4 is 0 Å². The molecule has 0 saturated heterocycles. The quantitative estimate of drug-likeness (QED) is 0.623. The summed E-state index contributed by atoms with van der Waals surface area (Å²) in [4.78, 5) is 0. The molecule has 0 aromatic rings. The van der Waals surface area contributed by atoms with Crippen LogP contribution in [-0.4, -0.2) is 15.4 Å². The maximum Gasteiger partial charge on any atom is 0.258 e. The zero-order valence-corrected chi connectivity index (χ0v) is 14.5. The molecule has 0 atom stereocenters. The SMILES string of the molecule is COC1=C[CH]CC=C1O[Si](C(C)C)(C(C)C)C(C)C. The maximum atomic E-state index is 6.65. The van der Waals surface area contributed by atoms with Crippen LogP contribution in [0.5, 0.6) is 0 Å². The standard InChI is InChI=1S/C16H29O2Si/c1-12(2)19(13(3)4,14(5)6)18-16-11-9-8-10-15(16)17-7/h8,10-14H,9H2,1-7H3. The van der Waals surface area contributed by atoms with Crippen LogP contribution in [0, 0.1) is 6.42 Å². The summed E-state index contributed by atoms with van der Waals surface area (Å²) >= 11 is 0. The lowest BCUT2D eigenvalue weighted by Crippen LogP contribution is -2.47. The average molecular weight is 281 g/mol. The van der Waals surface area contributed by atoms with Crippen molar-refractivity contribution in [1.82, 2.24) is 0 Å². The van der Waals surface area contributed by atoms with Crippen LogP contribution in [0.3, 0.4) is 0 Å². The highest BCUT2D eigenvalue weighted by atomic mass is 28.4. The number of allylic oxidation sites excluding steroid dienone is 2. The number of ether oxygens (including phenoxy) is 1. The molecule has 1 radical (unpaired) electrons. The van der Waals surface area contributed by atoms with Crippen LogP contribution in [0.2, 0.25) is 16.6 Å². The van der Waals surface area contributed by atoms with Crippen molar-refractivity contribution in [1.29, 1.82) is 0 Å². The number of methoxy groups -OCH3 is 1. The summed E-state index contributed by atoms with van der Waals surface area (Å²) < 4.78 is 12.1. The van der Waals surface area contributed by atoms with Crippen molar-refractivity contribution in [2.75, 3.05) is 7.11 Å². The minimum absolute atomic E-state index is 0.581. The Bertz CT molecular complexity index is 332. The topological polar surface area (TPSA) is 18.5 Å². The van der Waals surface area contributed by atoms with Gasteiger partial charge in [-0.2, -0.15) is 0 Å². The molecular weight excluding hydrogens is 252 g/mol. The van der Waals surface area contributed by atoms with Gasteiger partial charge in [-0.1, -0.05) is 41.5 Å². The molecular formula is C16H29O2Si. The molecule has 0 aromatic carbocycles. The molecule has 0 spiro atoms. The smallest absolute Gasteiger partial charge is 0.258 e. The van der Waals surface area contributed by atoms with Gasteiger partial charge in [-0.25, -0.2) is 0 Å². The third kappa shape index (κ3) is 3.25. The van der Waals surface area contributed by atoms with E-state index in [1.54, 1.807) is 7.11 Å². The fourth-order valence-corrected chi connectivity index (χ4v) is 8.61. The van der Waals surface area contributed by atoms with Crippen molar-refractivity contribution >= 4 is 8.32 Å². The Balaban J connectivity index is 3.08. The van der Waals surface area contributed by atoms with Crippen LogP contribution in [0.25, 0.3) is 0 Å². The molecule has 0 amide bonds. The van der Waals surface area contributed by atoms with Crippen molar-refractivity contribution in [3.8, 4) is 0 Å². The van der Waals surface area contributed by atoms with Gasteiger partial charge in [0.2, 0.25) is 0 Å². The van der Waals surface area contributed by atoms with Crippen molar-refractivity contribution in [3.63, 3.8) is 0 Å². The molecule has 0 N–H and O–H groups in total. The van der Waals surface area contributed by atoms with Crippen molar-refractivity contribution in [2.24, 2.45) is 0 Å². The average Bonchev–Trinajstić information content (AvgIpc) is 2.34. The Morgan fingerprint density at radius 3 is 1.89 bits per heavy atom. The van der Waals surface area contributed by atoms with E-state index < -0.39 is 8.32 Å².